The van der Waals surface area contributed by atoms with Crippen molar-refractivity contribution in [1.82, 2.24) is 5.32 Å². The first-order valence-corrected chi connectivity index (χ1v) is 32.8. The van der Waals surface area contributed by atoms with E-state index in [1.165, 1.54) is 225 Å². The summed E-state index contributed by atoms with van der Waals surface area (Å²) in [5.41, 5.74) is 0. The van der Waals surface area contributed by atoms with Gasteiger partial charge in [0.25, 0.3) is 0 Å². The Morgan fingerprint density at radius 2 is 0.740 bits per heavy atom. The number of carbonyl (C=O) groups is 1. The van der Waals surface area contributed by atoms with Crippen molar-refractivity contribution in [2.45, 2.75) is 376 Å². The Balaban J connectivity index is 1.59. The molecule has 0 bridgehead atoms. The monoisotopic (exact) mass is 1100 g/mol. The van der Waals surface area contributed by atoms with Crippen LogP contribution in [0.1, 0.15) is 303 Å². The summed E-state index contributed by atoms with van der Waals surface area (Å²) >= 11 is 0. The number of aliphatic hydroxyl groups is 8. The van der Waals surface area contributed by atoms with Crippen molar-refractivity contribution in [1.29, 1.82) is 0 Å². The maximum absolute atomic E-state index is 13.3. The predicted molar refractivity (Wildman–Crippen MR) is 309 cm³/mol. The molecule has 458 valence electrons. The quantitative estimate of drug-likeness (QED) is 0.0259. The van der Waals surface area contributed by atoms with E-state index < -0.39 is 86.8 Å². The predicted octanol–water partition coefficient (Wildman–Crippen LogP) is 12.1. The first kappa shape index (κ1) is 72.1. The van der Waals surface area contributed by atoms with Crippen LogP contribution in [0.5, 0.6) is 0 Å². The van der Waals surface area contributed by atoms with Gasteiger partial charge in [-0.05, 0) is 12.8 Å². The van der Waals surface area contributed by atoms with Crippen LogP contribution < -0.4 is 5.32 Å². The van der Waals surface area contributed by atoms with Gasteiger partial charge in [-0.3, -0.25) is 4.79 Å². The van der Waals surface area contributed by atoms with Crippen molar-refractivity contribution in [3.8, 4) is 0 Å². The van der Waals surface area contributed by atoms with E-state index in [1.807, 2.05) is 0 Å². The van der Waals surface area contributed by atoms with Crippen LogP contribution in [-0.2, 0) is 23.7 Å². The summed E-state index contributed by atoms with van der Waals surface area (Å²) in [6.07, 6.45) is 40.0. The highest BCUT2D eigenvalue weighted by atomic mass is 16.7. The van der Waals surface area contributed by atoms with E-state index in [-0.39, 0.29) is 12.5 Å². The standard InChI is InChI=1S/C63H123NO13/c1-3-5-7-9-11-13-15-16-17-18-19-20-21-22-23-24-25-26-27-28-29-30-31-32-33-34-35-37-39-41-43-45-47-55(68)64-51(52(67)46-44-42-40-38-36-14-12-10-8-6-4-2)50-74-62-60(73)58(71)61(54(49-66)76-62)77-63-59(72)57(70)56(69)53(48-65)75-63/h51-54,56-63,65-67,69-73H,3-50H2,1-2H3,(H,64,68)/t51-,52+,53+,54+,56-,57?,58?,59?,60?,61+,62+,63-/m0/s1. The summed E-state index contributed by atoms with van der Waals surface area (Å²) in [4.78, 5) is 13.3. The molecule has 2 aliphatic heterocycles. The highest BCUT2D eigenvalue weighted by Gasteiger charge is 2.51. The molecule has 0 aliphatic carbocycles. The summed E-state index contributed by atoms with van der Waals surface area (Å²) in [7, 11) is 0. The van der Waals surface area contributed by atoms with Gasteiger partial charge in [0.2, 0.25) is 5.91 Å². The zero-order valence-corrected chi connectivity index (χ0v) is 49.5. The highest BCUT2D eigenvalue weighted by Crippen LogP contribution is 2.30. The van der Waals surface area contributed by atoms with Crippen molar-refractivity contribution in [2.24, 2.45) is 0 Å². The first-order valence-electron chi connectivity index (χ1n) is 32.8. The van der Waals surface area contributed by atoms with Gasteiger partial charge < -0.3 is 65.1 Å². The first-order chi connectivity index (χ1) is 37.6. The van der Waals surface area contributed by atoms with Crippen LogP contribution in [0, 0.1) is 0 Å². The van der Waals surface area contributed by atoms with Gasteiger partial charge in [-0.1, -0.05) is 284 Å². The number of aliphatic hydroxyl groups excluding tert-OH is 8. The average molecular weight is 1100 g/mol. The molecular weight excluding hydrogens is 979 g/mol. The van der Waals surface area contributed by atoms with Crippen LogP contribution in [0.4, 0.5) is 0 Å². The number of unbranched alkanes of at least 4 members (excludes halogenated alkanes) is 41. The lowest BCUT2D eigenvalue weighted by Crippen LogP contribution is -2.65. The second kappa shape index (κ2) is 49.6. The lowest BCUT2D eigenvalue weighted by atomic mass is 9.97. The van der Waals surface area contributed by atoms with Crippen molar-refractivity contribution >= 4 is 5.91 Å². The lowest BCUT2D eigenvalue weighted by molar-refractivity contribution is -0.359. The van der Waals surface area contributed by atoms with E-state index in [2.05, 4.69) is 19.2 Å². The minimum absolute atomic E-state index is 0.200. The molecule has 12 atom stereocenters. The molecule has 14 heteroatoms. The molecular formula is C63H123NO13. The summed E-state index contributed by atoms with van der Waals surface area (Å²) in [5.74, 6) is -0.200. The molecule has 0 radical (unpaired) electrons. The molecule has 0 saturated carbocycles. The highest BCUT2D eigenvalue weighted by molar-refractivity contribution is 5.76. The molecule has 2 saturated heterocycles. The van der Waals surface area contributed by atoms with E-state index in [4.69, 9.17) is 18.9 Å². The average Bonchev–Trinajstić information content (AvgIpc) is 3.44. The molecule has 14 nitrogen and oxygen atoms in total. The molecule has 1 amide bonds. The molecule has 9 N–H and O–H groups in total. The topological polar surface area (TPSA) is 228 Å². The molecule has 0 aromatic carbocycles. The van der Waals surface area contributed by atoms with Gasteiger partial charge in [-0.25, -0.2) is 0 Å². The van der Waals surface area contributed by atoms with E-state index in [0.29, 0.717) is 12.8 Å². The van der Waals surface area contributed by atoms with Crippen LogP contribution >= 0.6 is 0 Å². The number of hydrogen-bond donors (Lipinski definition) is 9. The van der Waals surface area contributed by atoms with Gasteiger partial charge >= 0.3 is 0 Å². The molecule has 0 spiro atoms. The Bertz CT molecular complexity index is 1300. The van der Waals surface area contributed by atoms with Gasteiger partial charge in [0.05, 0.1) is 32.0 Å². The summed E-state index contributed by atoms with van der Waals surface area (Å²) in [6, 6.07) is -0.822. The third kappa shape index (κ3) is 34.9. The van der Waals surface area contributed by atoms with Crippen LogP contribution in [0.15, 0.2) is 0 Å². The van der Waals surface area contributed by atoms with Crippen LogP contribution in [-0.4, -0.2) is 140 Å². The van der Waals surface area contributed by atoms with Crippen molar-refractivity contribution in [3.05, 3.63) is 0 Å². The minimum Gasteiger partial charge on any atom is -0.394 e. The minimum atomic E-state index is -1.78. The second-order valence-electron chi connectivity index (χ2n) is 23.6. The Labute approximate surface area is 470 Å². The number of amides is 1. The Morgan fingerprint density at radius 1 is 0.416 bits per heavy atom. The zero-order chi connectivity index (χ0) is 56.0. The SMILES string of the molecule is CCCCCCCCCCCCCCCCCCCCCCCCCCCCCCCCCCC(=O)N[C@@H](CO[C@@H]1O[C@H](CO)[C@@H](O[C@@H]2O[C@H](CO)[C@H](O)C(O)C2O)C(O)C1O)[C@H](O)CCCCCCCCCCCCC. The fourth-order valence-corrected chi connectivity index (χ4v) is 11.3. The summed E-state index contributed by atoms with van der Waals surface area (Å²) in [5, 5.41) is 87.2. The van der Waals surface area contributed by atoms with Gasteiger partial charge in [-0.15, -0.1) is 0 Å². The summed E-state index contributed by atoms with van der Waals surface area (Å²) < 4.78 is 22.8. The van der Waals surface area contributed by atoms with Gasteiger partial charge in [-0.2, -0.15) is 0 Å². The van der Waals surface area contributed by atoms with Crippen LogP contribution in [0.2, 0.25) is 0 Å². The van der Waals surface area contributed by atoms with E-state index in [9.17, 15) is 45.6 Å². The molecule has 0 aromatic heterocycles. The number of nitrogens with one attached hydrogen (secondary N) is 1. The number of rotatable bonds is 54. The number of ether oxygens (including phenoxy) is 4. The largest absolute Gasteiger partial charge is 0.394 e. The van der Waals surface area contributed by atoms with Crippen molar-refractivity contribution in [2.75, 3.05) is 19.8 Å². The molecule has 4 unspecified atom stereocenters. The second-order valence-corrected chi connectivity index (χ2v) is 23.6. The lowest BCUT2D eigenvalue weighted by Gasteiger charge is -2.46. The van der Waals surface area contributed by atoms with Gasteiger partial charge in [0.15, 0.2) is 12.6 Å². The van der Waals surface area contributed by atoms with Gasteiger partial charge in [0, 0.05) is 6.42 Å². The fraction of sp³-hybridized carbons (Fsp3) is 0.984. The normalized spacial score (nSPS) is 24.6. The Morgan fingerprint density at radius 3 is 1.10 bits per heavy atom. The zero-order valence-electron chi connectivity index (χ0n) is 49.5. The summed E-state index contributed by atoms with van der Waals surface area (Å²) in [6.45, 7) is 2.88. The Hall–Kier alpha value is -1.01. The fourth-order valence-electron chi connectivity index (χ4n) is 11.3. The molecule has 2 heterocycles. The van der Waals surface area contributed by atoms with Crippen LogP contribution in [0.3, 0.4) is 0 Å². The molecule has 0 aromatic rings. The molecule has 2 fully saturated rings. The third-order valence-electron chi connectivity index (χ3n) is 16.6. The van der Waals surface area contributed by atoms with E-state index in [0.717, 1.165) is 51.4 Å². The molecule has 2 rings (SSSR count). The maximum Gasteiger partial charge on any atom is 0.220 e. The molecule has 2 aliphatic rings. The number of carbonyl (C=O) groups excluding carboxylic acids is 1. The smallest absolute Gasteiger partial charge is 0.220 e. The van der Waals surface area contributed by atoms with E-state index in [1.54, 1.807) is 0 Å². The molecule has 77 heavy (non-hydrogen) atoms. The third-order valence-corrected chi connectivity index (χ3v) is 16.6. The van der Waals surface area contributed by atoms with Crippen molar-refractivity contribution in [3.63, 3.8) is 0 Å². The van der Waals surface area contributed by atoms with E-state index >= 15 is 0 Å². The van der Waals surface area contributed by atoms with Crippen LogP contribution in [0.25, 0.3) is 0 Å². The Kier molecular flexibility index (Phi) is 46.4. The maximum atomic E-state index is 13.3. The number of hydrogen-bond acceptors (Lipinski definition) is 13. The van der Waals surface area contributed by atoms with Crippen molar-refractivity contribution < 1.29 is 64.6 Å². The van der Waals surface area contributed by atoms with Gasteiger partial charge in [0.1, 0.15) is 48.8 Å².